The molecule has 0 amide bonds. The van der Waals surface area contributed by atoms with Gasteiger partial charge in [0.2, 0.25) is 0 Å². The molecule has 0 N–H and O–H groups in total. The van der Waals surface area contributed by atoms with Gasteiger partial charge in [-0.05, 0) is 35.4 Å². The molecule has 0 fully saturated rings. The van der Waals surface area contributed by atoms with E-state index in [1.165, 1.54) is 0 Å². The maximum absolute atomic E-state index is 11.4. The second kappa shape index (κ2) is 5.62. The monoisotopic (exact) mass is 299 g/mol. The Balaban J connectivity index is 1.95. The van der Waals surface area contributed by atoms with Gasteiger partial charge < -0.3 is 9.30 Å². The quantitative estimate of drug-likeness (QED) is 0.678. The first-order valence-corrected chi connectivity index (χ1v) is 6.99. The summed E-state index contributed by atoms with van der Waals surface area (Å²) < 4.78 is 7.66. The van der Waals surface area contributed by atoms with E-state index in [9.17, 15) is 4.79 Å². The zero-order valence-corrected chi connectivity index (χ0v) is 12.3. The van der Waals surface area contributed by atoms with Crippen LogP contribution in [0.1, 0.15) is 16.1 Å². The molecular weight excluding hydrogens is 286 g/mol. The third kappa shape index (κ3) is 2.65. The summed E-state index contributed by atoms with van der Waals surface area (Å²) in [4.78, 5) is 11.4. The SMILES string of the molecule is Cn1c(C(=O)Cl)cc2c(OCc3ccccc3)cccc21. The van der Waals surface area contributed by atoms with Crippen molar-refractivity contribution < 1.29 is 9.53 Å². The van der Waals surface area contributed by atoms with Gasteiger partial charge in [-0.15, -0.1) is 0 Å². The van der Waals surface area contributed by atoms with Gasteiger partial charge in [0.25, 0.3) is 5.24 Å². The molecule has 4 heteroatoms. The molecule has 1 heterocycles. The van der Waals surface area contributed by atoms with Gasteiger partial charge in [-0.1, -0.05) is 36.4 Å². The van der Waals surface area contributed by atoms with Crippen LogP contribution < -0.4 is 4.74 Å². The number of aromatic nitrogens is 1. The van der Waals surface area contributed by atoms with Gasteiger partial charge in [-0.25, -0.2) is 0 Å². The van der Waals surface area contributed by atoms with E-state index in [0.717, 1.165) is 22.2 Å². The van der Waals surface area contributed by atoms with Crippen molar-refractivity contribution in [3.8, 4) is 5.75 Å². The fourth-order valence-corrected chi connectivity index (χ4v) is 2.56. The molecule has 0 saturated heterocycles. The number of halogens is 1. The molecule has 21 heavy (non-hydrogen) atoms. The third-order valence-corrected chi connectivity index (χ3v) is 3.68. The summed E-state index contributed by atoms with van der Waals surface area (Å²) in [5.74, 6) is 0.746. The highest BCUT2D eigenvalue weighted by atomic mass is 35.5. The van der Waals surface area contributed by atoms with Crippen LogP contribution in [0.2, 0.25) is 0 Å². The highest BCUT2D eigenvalue weighted by Gasteiger charge is 2.14. The van der Waals surface area contributed by atoms with E-state index in [1.807, 2.05) is 55.6 Å². The van der Waals surface area contributed by atoms with Crippen LogP contribution in [-0.4, -0.2) is 9.81 Å². The molecule has 0 aliphatic carbocycles. The molecule has 0 bridgehead atoms. The molecule has 0 atom stereocenters. The number of hydrogen-bond donors (Lipinski definition) is 0. The largest absolute Gasteiger partial charge is 0.488 e. The fourth-order valence-electron chi connectivity index (χ4n) is 2.38. The average molecular weight is 300 g/mol. The van der Waals surface area contributed by atoms with Crippen molar-refractivity contribution in [2.75, 3.05) is 0 Å². The highest BCUT2D eigenvalue weighted by molar-refractivity contribution is 6.67. The topological polar surface area (TPSA) is 31.2 Å². The van der Waals surface area contributed by atoms with Crippen molar-refractivity contribution in [1.82, 2.24) is 4.57 Å². The van der Waals surface area contributed by atoms with Crippen LogP contribution in [0.5, 0.6) is 5.75 Å². The predicted octanol–water partition coefficient (Wildman–Crippen LogP) is 4.14. The summed E-state index contributed by atoms with van der Waals surface area (Å²) in [6.45, 7) is 0.485. The normalized spacial score (nSPS) is 10.8. The zero-order valence-electron chi connectivity index (χ0n) is 11.5. The lowest BCUT2D eigenvalue weighted by Crippen LogP contribution is -1.98. The Kier molecular flexibility index (Phi) is 3.67. The molecule has 3 aromatic rings. The Morgan fingerprint density at radius 3 is 2.62 bits per heavy atom. The van der Waals surface area contributed by atoms with Crippen LogP contribution in [0, 0.1) is 0 Å². The van der Waals surface area contributed by atoms with Crippen molar-refractivity contribution >= 4 is 27.7 Å². The second-order valence-electron chi connectivity index (χ2n) is 4.83. The smallest absolute Gasteiger partial charge is 0.268 e. The minimum Gasteiger partial charge on any atom is -0.488 e. The molecule has 0 radical (unpaired) electrons. The van der Waals surface area contributed by atoms with Crippen LogP contribution in [0.4, 0.5) is 0 Å². The number of aryl methyl sites for hydroxylation is 1. The maximum Gasteiger partial charge on any atom is 0.268 e. The molecular formula is C17H14ClNO2. The highest BCUT2D eigenvalue weighted by Crippen LogP contribution is 2.29. The minimum atomic E-state index is -0.470. The fraction of sp³-hybridized carbons (Fsp3) is 0.118. The Morgan fingerprint density at radius 2 is 1.90 bits per heavy atom. The summed E-state index contributed by atoms with van der Waals surface area (Å²) in [6.07, 6.45) is 0. The number of hydrogen-bond acceptors (Lipinski definition) is 2. The number of carbonyl (C=O) groups is 1. The number of nitrogens with zero attached hydrogens (tertiary/aromatic N) is 1. The molecule has 1 aromatic heterocycles. The van der Waals surface area contributed by atoms with Crippen molar-refractivity contribution in [1.29, 1.82) is 0 Å². The number of ether oxygens (including phenoxy) is 1. The molecule has 3 rings (SSSR count). The molecule has 2 aromatic carbocycles. The van der Waals surface area contributed by atoms with Gasteiger partial charge in [-0.3, -0.25) is 4.79 Å². The molecule has 3 nitrogen and oxygen atoms in total. The van der Waals surface area contributed by atoms with E-state index in [4.69, 9.17) is 16.3 Å². The number of carbonyl (C=O) groups excluding carboxylic acids is 1. The average Bonchev–Trinajstić information content (AvgIpc) is 2.84. The van der Waals surface area contributed by atoms with Gasteiger partial charge >= 0.3 is 0 Å². The Morgan fingerprint density at radius 1 is 1.14 bits per heavy atom. The predicted molar refractivity (Wildman–Crippen MR) is 83.9 cm³/mol. The first-order chi connectivity index (χ1) is 10.2. The van der Waals surface area contributed by atoms with Gasteiger partial charge in [0.15, 0.2) is 0 Å². The first-order valence-electron chi connectivity index (χ1n) is 6.62. The molecule has 106 valence electrons. The van der Waals surface area contributed by atoms with Gasteiger partial charge in [0.05, 0.1) is 5.52 Å². The van der Waals surface area contributed by atoms with E-state index < -0.39 is 5.24 Å². The van der Waals surface area contributed by atoms with Crippen LogP contribution in [0.15, 0.2) is 54.6 Å². The minimum absolute atomic E-state index is 0.461. The Hall–Kier alpha value is -2.26. The van der Waals surface area contributed by atoms with Crippen molar-refractivity contribution in [2.45, 2.75) is 6.61 Å². The number of rotatable bonds is 4. The summed E-state index contributed by atoms with van der Waals surface area (Å²) in [6, 6.07) is 17.5. The van der Waals surface area contributed by atoms with Crippen molar-refractivity contribution in [3.63, 3.8) is 0 Å². The van der Waals surface area contributed by atoms with Gasteiger partial charge in [0, 0.05) is 12.4 Å². The lowest BCUT2D eigenvalue weighted by molar-refractivity contribution is 0.107. The third-order valence-electron chi connectivity index (χ3n) is 3.49. The summed E-state index contributed by atoms with van der Waals surface area (Å²) in [5.41, 5.74) is 2.48. The lowest BCUT2D eigenvalue weighted by atomic mass is 10.2. The number of benzene rings is 2. The van der Waals surface area contributed by atoms with Crippen LogP contribution in [0.3, 0.4) is 0 Å². The molecule has 0 aliphatic rings. The first kappa shape index (κ1) is 13.7. The standard InChI is InChI=1S/C17H14ClNO2/c1-19-14-8-5-9-16(13(14)10-15(19)17(18)20)21-11-12-6-3-2-4-7-12/h2-10H,11H2,1H3. The van der Waals surface area contributed by atoms with E-state index >= 15 is 0 Å². The van der Waals surface area contributed by atoms with Crippen LogP contribution in [0.25, 0.3) is 10.9 Å². The van der Waals surface area contributed by atoms with E-state index in [2.05, 4.69) is 0 Å². The Bertz CT molecular complexity index is 793. The van der Waals surface area contributed by atoms with E-state index in [0.29, 0.717) is 12.3 Å². The summed E-state index contributed by atoms with van der Waals surface area (Å²) in [5, 5.41) is 0.419. The number of fused-ring (bicyclic) bond motifs is 1. The molecule has 0 aliphatic heterocycles. The molecule has 0 spiro atoms. The molecule has 0 unspecified atom stereocenters. The lowest BCUT2D eigenvalue weighted by Gasteiger charge is -2.08. The maximum atomic E-state index is 11.4. The summed E-state index contributed by atoms with van der Waals surface area (Å²) in [7, 11) is 1.82. The van der Waals surface area contributed by atoms with Crippen molar-refractivity contribution in [3.05, 3.63) is 65.9 Å². The molecule has 0 saturated carbocycles. The second-order valence-corrected chi connectivity index (χ2v) is 5.17. The zero-order chi connectivity index (χ0) is 14.8. The van der Waals surface area contributed by atoms with Crippen LogP contribution in [-0.2, 0) is 13.7 Å². The van der Waals surface area contributed by atoms with Crippen molar-refractivity contribution in [2.24, 2.45) is 7.05 Å². The Labute approximate surface area is 127 Å². The van der Waals surface area contributed by atoms with E-state index in [-0.39, 0.29) is 0 Å². The van der Waals surface area contributed by atoms with Crippen LogP contribution >= 0.6 is 11.6 Å². The van der Waals surface area contributed by atoms with Gasteiger partial charge in [-0.2, -0.15) is 0 Å². The van der Waals surface area contributed by atoms with Gasteiger partial charge in [0.1, 0.15) is 18.1 Å². The summed E-state index contributed by atoms with van der Waals surface area (Å²) >= 11 is 5.60. The van der Waals surface area contributed by atoms with E-state index in [1.54, 1.807) is 10.6 Å².